The molecule has 0 amide bonds. The van der Waals surface area contributed by atoms with Crippen LogP contribution in [-0.2, 0) is 0 Å². The predicted octanol–water partition coefficient (Wildman–Crippen LogP) is 1.51. The van der Waals surface area contributed by atoms with Crippen LogP contribution in [0.15, 0.2) is 30.7 Å². The first-order valence-corrected chi connectivity index (χ1v) is 8.76. The molecule has 8 heteroatoms. The number of anilines is 2. The molecule has 0 spiro atoms. The Bertz CT molecular complexity index is 882. The lowest BCUT2D eigenvalue weighted by molar-refractivity contribution is 0.394. The molecule has 1 saturated heterocycles. The minimum Gasteiger partial charge on any atom is -0.353 e. The molecule has 1 aliphatic carbocycles. The van der Waals surface area contributed by atoms with Crippen molar-refractivity contribution in [1.82, 2.24) is 29.8 Å². The van der Waals surface area contributed by atoms with Crippen LogP contribution in [0.3, 0.4) is 0 Å². The molecule has 0 atom stereocenters. The summed E-state index contributed by atoms with van der Waals surface area (Å²) in [4.78, 5) is 12.8. The molecule has 0 radical (unpaired) electrons. The van der Waals surface area contributed by atoms with Gasteiger partial charge in [-0.1, -0.05) is 6.42 Å². The molecule has 0 unspecified atom stereocenters. The number of fused-ring (bicyclic) bond motifs is 1. The average molecular weight is 336 g/mol. The van der Waals surface area contributed by atoms with Crippen LogP contribution in [0, 0.1) is 0 Å². The second-order valence-electron chi connectivity index (χ2n) is 6.88. The number of likely N-dealkylation sites (N-methyl/N-ethyl adjacent to an activating group) is 1. The summed E-state index contributed by atoms with van der Waals surface area (Å²) in [6.45, 7) is 1.86. The Morgan fingerprint density at radius 2 is 2.00 bits per heavy atom. The molecule has 0 bridgehead atoms. The lowest BCUT2D eigenvalue weighted by Gasteiger charge is -2.44. The first kappa shape index (κ1) is 14.6. The standard InChI is InChI=1S/C17H20N8/c1-23(14-7-8-18-11-19-14)13-9-24(10-13)16-6-5-15-20-21-17(25(15)22-16)12-3-2-4-12/h5-8,11-13H,2-4,9-10H2,1H3. The molecule has 2 aliphatic rings. The van der Waals surface area contributed by atoms with E-state index >= 15 is 0 Å². The van der Waals surface area contributed by atoms with Crippen molar-refractivity contribution >= 4 is 17.3 Å². The Balaban J connectivity index is 1.33. The van der Waals surface area contributed by atoms with Crippen molar-refractivity contribution in [3.63, 3.8) is 0 Å². The predicted molar refractivity (Wildman–Crippen MR) is 93.8 cm³/mol. The maximum atomic E-state index is 4.80. The number of hydrogen-bond acceptors (Lipinski definition) is 7. The first-order valence-electron chi connectivity index (χ1n) is 8.76. The highest BCUT2D eigenvalue weighted by Crippen LogP contribution is 2.35. The van der Waals surface area contributed by atoms with Gasteiger partial charge in [0.15, 0.2) is 11.5 Å². The summed E-state index contributed by atoms with van der Waals surface area (Å²) in [6.07, 6.45) is 7.04. The van der Waals surface area contributed by atoms with E-state index in [1.165, 1.54) is 19.3 Å². The summed E-state index contributed by atoms with van der Waals surface area (Å²) < 4.78 is 1.93. The summed E-state index contributed by atoms with van der Waals surface area (Å²) in [5.74, 6) is 3.47. The minimum atomic E-state index is 0.430. The van der Waals surface area contributed by atoms with Gasteiger partial charge in [0.25, 0.3) is 0 Å². The monoisotopic (exact) mass is 336 g/mol. The van der Waals surface area contributed by atoms with E-state index in [-0.39, 0.29) is 0 Å². The highest BCUT2D eigenvalue weighted by molar-refractivity contribution is 5.50. The van der Waals surface area contributed by atoms with Crippen LogP contribution in [0.25, 0.3) is 5.65 Å². The first-order chi connectivity index (χ1) is 12.3. The third-order valence-electron chi connectivity index (χ3n) is 5.40. The SMILES string of the molecule is CN(c1ccncn1)C1CN(c2ccc3nnc(C4CCC4)n3n2)C1. The molecule has 4 heterocycles. The van der Waals surface area contributed by atoms with Crippen LogP contribution in [0.2, 0.25) is 0 Å². The fraction of sp³-hybridized carbons (Fsp3) is 0.471. The zero-order valence-electron chi connectivity index (χ0n) is 14.2. The number of aromatic nitrogens is 6. The van der Waals surface area contributed by atoms with Crippen molar-refractivity contribution in [1.29, 1.82) is 0 Å². The van der Waals surface area contributed by atoms with Crippen molar-refractivity contribution < 1.29 is 0 Å². The maximum absolute atomic E-state index is 4.80. The zero-order chi connectivity index (χ0) is 16.8. The van der Waals surface area contributed by atoms with Crippen LogP contribution in [-0.4, -0.2) is 56.0 Å². The molecule has 1 aliphatic heterocycles. The van der Waals surface area contributed by atoms with Gasteiger partial charge in [-0.3, -0.25) is 0 Å². The normalized spacial score (nSPS) is 18.2. The molecule has 0 aromatic carbocycles. The Labute approximate surface area is 145 Å². The summed E-state index contributed by atoms with van der Waals surface area (Å²) in [7, 11) is 2.08. The van der Waals surface area contributed by atoms with E-state index in [1.807, 2.05) is 22.7 Å². The number of nitrogens with zero attached hydrogens (tertiary/aromatic N) is 8. The lowest BCUT2D eigenvalue weighted by atomic mass is 9.85. The van der Waals surface area contributed by atoms with Crippen molar-refractivity contribution in [3.05, 3.63) is 36.5 Å². The molecule has 3 aromatic heterocycles. The highest BCUT2D eigenvalue weighted by Gasteiger charge is 2.32. The zero-order valence-corrected chi connectivity index (χ0v) is 14.2. The van der Waals surface area contributed by atoms with Gasteiger partial charge in [-0.05, 0) is 31.0 Å². The lowest BCUT2D eigenvalue weighted by Crippen LogP contribution is -2.59. The number of hydrogen-bond donors (Lipinski definition) is 0. The quantitative estimate of drug-likeness (QED) is 0.715. The van der Waals surface area contributed by atoms with Crippen molar-refractivity contribution in [2.45, 2.75) is 31.2 Å². The third-order valence-corrected chi connectivity index (χ3v) is 5.40. The van der Waals surface area contributed by atoms with Crippen molar-refractivity contribution in [3.8, 4) is 0 Å². The number of rotatable bonds is 4. The van der Waals surface area contributed by atoms with E-state index in [4.69, 9.17) is 5.10 Å². The Kier molecular flexibility index (Phi) is 3.29. The molecule has 3 aromatic rings. The second-order valence-corrected chi connectivity index (χ2v) is 6.88. The van der Waals surface area contributed by atoms with Gasteiger partial charge in [0.1, 0.15) is 18.0 Å². The van der Waals surface area contributed by atoms with Crippen molar-refractivity contribution in [2.24, 2.45) is 0 Å². The van der Waals surface area contributed by atoms with Gasteiger partial charge in [0, 0.05) is 32.3 Å². The molecular formula is C17H20N8. The van der Waals surface area contributed by atoms with E-state index in [0.29, 0.717) is 12.0 Å². The van der Waals surface area contributed by atoms with E-state index < -0.39 is 0 Å². The van der Waals surface area contributed by atoms with Gasteiger partial charge in [-0.15, -0.1) is 15.3 Å². The molecular weight excluding hydrogens is 316 g/mol. The fourth-order valence-corrected chi connectivity index (χ4v) is 3.45. The van der Waals surface area contributed by atoms with Gasteiger partial charge < -0.3 is 9.80 Å². The molecule has 2 fully saturated rings. The van der Waals surface area contributed by atoms with Gasteiger partial charge in [-0.2, -0.15) is 4.52 Å². The Morgan fingerprint density at radius 1 is 1.12 bits per heavy atom. The van der Waals surface area contributed by atoms with Crippen molar-refractivity contribution in [2.75, 3.05) is 29.9 Å². The van der Waals surface area contributed by atoms with Gasteiger partial charge in [0.05, 0.1) is 6.04 Å². The van der Waals surface area contributed by atoms with Gasteiger partial charge in [0.2, 0.25) is 0 Å². The summed E-state index contributed by atoms with van der Waals surface area (Å²) >= 11 is 0. The third kappa shape index (κ3) is 2.40. The van der Waals surface area contributed by atoms with Crippen LogP contribution < -0.4 is 9.80 Å². The smallest absolute Gasteiger partial charge is 0.178 e. The Morgan fingerprint density at radius 3 is 2.72 bits per heavy atom. The summed E-state index contributed by atoms with van der Waals surface area (Å²) in [5, 5.41) is 13.4. The summed E-state index contributed by atoms with van der Waals surface area (Å²) in [6, 6.07) is 6.42. The van der Waals surface area contributed by atoms with Crippen LogP contribution >= 0.6 is 0 Å². The van der Waals surface area contributed by atoms with Crippen LogP contribution in [0.1, 0.15) is 31.0 Å². The van der Waals surface area contributed by atoms with E-state index in [2.05, 4.69) is 37.0 Å². The second kappa shape index (κ2) is 5.65. The molecule has 1 saturated carbocycles. The maximum Gasteiger partial charge on any atom is 0.178 e. The Hall–Kier alpha value is -2.77. The van der Waals surface area contributed by atoms with E-state index in [9.17, 15) is 0 Å². The molecule has 0 N–H and O–H groups in total. The molecule has 5 rings (SSSR count). The highest BCUT2D eigenvalue weighted by atomic mass is 15.4. The minimum absolute atomic E-state index is 0.430. The molecule has 25 heavy (non-hydrogen) atoms. The summed E-state index contributed by atoms with van der Waals surface area (Å²) in [5.41, 5.74) is 0.834. The average Bonchev–Trinajstić information content (AvgIpc) is 2.96. The van der Waals surface area contributed by atoms with Gasteiger partial charge in [-0.25, -0.2) is 9.97 Å². The fourth-order valence-electron chi connectivity index (χ4n) is 3.45. The van der Waals surface area contributed by atoms with Gasteiger partial charge >= 0.3 is 0 Å². The topological polar surface area (TPSA) is 75.3 Å². The molecule has 128 valence electrons. The van der Waals surface area contributed by atoms with E-state index in [1.54, 1.807) is 12.5 Å². The largest absolute Gasteiger partial charge is 0.353 e. The van der Waals surface area contributed by atoms with E-state index in [0.717, 1.165) is 36.2 Å². The molecule has 8 nitrogen and oxygen atoms in total. The van der Waals surface area contributed by atoms with Crippen LogP contribution in [0.5, 0.6) is 0 Å². The van der Waals surface area contributed by atoms with Crippen LogP contribution in [0.4, 0.5) is 11.6 Å².